The van der Waals surface area contributed by atoms with E-state index in [0.29, 0.717) is 0 Å². The Balaban J connectivity index is 2.15. The quantitative estimate of drug-likeness (QED) is 0.575. The second kappa shape index (κ2) is 7.61. The number of anilines is 2. The van der Waals surface area contributed by atoms with Gasteiger partial charge in [0.25, 0.3) is 5.69 Å². The molecule has 26 heavy (non-hydrogen) atoms. The van der Waals surface area contributed by atoms with Crippen LogP contribution in [-0.2, 0) is 11.0 Å². The highest BCUT2D eigenvalue weighted by atomic mass is 35.5. The monoisotopic (exact) mass is 387 g/mol. The first-order valence-corrected chi connectivity index (χ1v) is 7.64. The highest BCUT2D eigenvalue weighted by molar-refractivity contribution is 6.30. The fourth-order valence-electron chi connectivity index (χ4n) is 2.13. The highest BCUT2D eigenvalue weighted by Gasteiger charge is 2.34. The summed E-state index contributed by atoms with van der Waals surface area (Å²) in [7, 11) is 0. The van der Waals surface area contributed by atoms with Gasteiger partial charge in [0, 0.05) is 22.8 Å². The Morgan fingerprint density at radius 1 is 1.23 bits per heavy atom. The Morgan fingerprint density at radius 3 is 2.54 bits per heavy atom. The summed E-state index contributed by atoms with van der Waals surface area (Å²) >= 11 is 5.59. The zero-order chi connectivity index (χ0) is 19.5. The lowest BCUT2D eigenvalue weighted by Crippen LogP contribution is -2.32. The van der Waals surface area contributed by atoms with Crippen LogP contribution >= 0.6 is 11.6 Å². The average Bonchev–Trinajstić information content (AvgIpc) is 2.55. The third kappa shape index (κ3) is 4.85. The molecule has 0 unspecified atom stereocenters. The van der Waals surface area contributed by atoms with E-state index in [-0.39, 0.29) is 16.4 Å². The molecule has 0 aliphatic rings. The van der Waals surface area contributed by atoms with Gasteiger partial charge in [0.05, 0.1) is 16.2 Å². The number of halogens is 4. The van der Waals surface area contributed by atoms with Crippen LogP contribution < -0.4 is 10.6 Å². The van der Waals surface area contributed by atoms with Crippen LogP contribution in [0, 0.1) is 10.1 Å². The summed E-state index contributed by atoms with van der Waals surface area (Å²) < 4.78 is 39.2. The molecule has 0 saturated carbocycles. The van der Waals surface area contributed by atoms with Gasteiger partial charge < -0.3 is 10.6 Å². The molecule has 1 atom stereocenters. The number of nitro groups is 1. The van der Waals surface area contributed by atoms with E-state index in [9.17, 15) is 28.1 Å². The van der Waals surface area contributed by atoms with Gasteiger partial charge in [-0.05, 0) is 31.2 Å². The second-order valence-corrected chi connectivity index (χ2v) is 5.79. The van der Waals surface area contributed by atoms with Gasteiger partial charge >= 0.3 is 6.18 Å². The van der Waals surface area contributed by atoms with E-state index in [2.05, 4.69) is 10.6 Å². The standard InChI is InChI=1S/C16H13ClF3N3O3/c1-9(21-11-3-2-4-12(8-11)23(25)26)15(24)22-14-6-5-10(17)7-13(14)16(18,19)20/h2-9,21H,1H3,(H,22,24)/t9-/m0/s1. The largest absolute Gasteiger partial charge is 0.418 e. The van der Waals surface area contributed by atoms with Gasteiger partial charge in [-0.3, -0.25) is 14.9 Å². The molecule has 1 amide bonds. The minimum atomic E-state index is -4.69. The average molecular weight is 388 g/mol. The SMILES string of the molecule is C[C@H](Nc1cccc([N+](=O)[O-])c1)C(=O)Nc1ccc(Cl)cc1C(F)(F)F. The predicted molar refractivity (Wildman–Crippen MR) is 91.3 cm³/mol. The fourth-order valence-corrected chi connectivity index (χ4v) is 2.30. The molecule has 0 spiro atoms. The number of hydrogen-bond acceptors (Lipinski definition) is 4. The number of benzene rings is 2. The van der Waals surface area contributed by atoms with Gasteiger partial charge in [-0.25, -0.2) is 0 Å². The zero-order valence-electron chi connectivity index (χ0n) is 13.3. The minimum Gasteiger partial charge on any atom is -0.374 e. The Kier molecular flexibility index (Phi) is 5.71. The predicted octanol–water partition coefficient (Wildman–Crippen LogP) is 4.71. The summed E-state index contributed by atoms with van der Waals surface area (Å²) in [4.78, 5) is 22.3. The van der Waals surface area contributed by atoms with E-state index in [0.717, 1.165) is 12.1 Å². The van der Waals surface area contributed by atoms with E-state index in [4.69, 9.17) is 11.6 Å². The number of nitrogens with zero attached hydrogens (tertiary/aromatic N) is 1. The van der Waals surface area contributed by atoms with E-state index in [1.807, 2.05) is 0 Å². The number of alkyl halides is 3. The molecular weight excluding hydrogens is 375 g/mol. The molecule has 0 saturated heterocycles. The maximum Gasteiger partial charge on any atom is 0.418 e. The van der Waals surface area contributed by atoms with Gasteiger partial charge in [-0.1, -0.05) is 17.7 Å². The number of carbonyl (C=O) groups excluding carboxylic acids is 1. The molecule has 0 aliphatic heterocycles. The normalized spacial score (nSPS) is 12.3. The van der Waals surface area contributed by atoms with Crippen LogP contribution in [0.2, 0.25) is 5.02 Å². The summed E-state index contributed by atoms with van der Waals surface area (Å²) in [6, 6.07) is 7.47. The number of carbonyl (C=O) groups is 1. The number of nitrogens with one attached hydrogen (secondary N) is 2. The Bertz CT molecular complexity index is 843. The van der Waals surface area contributed by atoms with Crippen molar-refractivity contribution in [2.75, 3.05) is 10.6 Å². The van der Waals surface area contributed by atoms with Crippen molar-refractivity contribution in [1.82, 2.24) is 0 Å². The van der Waals surface area contributed by atoms with Crippen LogP contribution in [0.1, 0.15) is 12.5 Å². The lowest BCUT2D eigenvalue weighted by molar-refractivity contribution is -0.384. The molecular formula is C16H13ClF3N3O3. The Morgan fingerprint density at radius 2 is 1.92 bits per heavy atom. The van der Waals surface area contributed by atoms with Crippen LogP contribution in [0.25, 0.3) is 0 Å². The molecule has 2 aromatic rings. The molecule has 0 heterocycles. The van der Waals surface area contributed by atoms with Gasteiger partial charge in [0.1, 0.15) is 6.04 Å². The number of non-ortho nitro benzene ring substituents is 1. The molecule has 10 heteroatoms. The van der Waals surface area contributed by atoms with Crippen molar-refractivity contribution in [3.05, 3.63) is 63.2 Å². The number of hydrogen-bond donors (Lipinski definition) is 2. The number of amides is 1. The number of rotatable bonds is 5. The van der Waals surface area contributed by atoms with Crippen molar-refractivity contribution in [3.8, 4) is 0 Å². The van der Waals surface area contributed by atoms with Crippen LogP contribution in [-0.4, -0.2) is 16.9 Å². The Hall–Kier alpha value is -2.81. The third-order valence-electron chi connectivity index (χ3n) is 3.38. The summed E-state index contributed by atoms with van der Waals surface area (Å²) in [6.07, 6.45) is -4.69. The molecule has 0 aromatic heterocycles. The summed E-state index contributed by atoms with van der Waals surface area (Å²) in [5.74, 6) is -0.746. The van der Waals surface area contributed by atoms with Crippen LogP contribution in [0.5, 0.6) is 0 Å². The van der Waals surface area contributed by atoms with Crippen molar-refractivity contribution in [2.24, 2.45) is 0 Å². The minimum absolute atomic E-state index is 0.113. The van der Waals surface area contributed by atoms with E-state index in [1.165, 1.54) is 37.3 Å². The highest BCUT2D eigenvalue weighted by Crippen LogP contribution is 2.36. The smallest absolute Gasteiger partial charge is 0.374 e. The van der Waals surface area contributed by atoms with E-state index >= 15 is 0 Å². The van der Waals surface area contributed by atoms with Crippen molar-refractivity contribution < 1.29 is 22.9 Å². The molecule has 0 aliphatic carbocycles. The molecule has 138 valence electrons. The van der Waals surface area contributed by atoms with Crippen molar-refractivity contribution in [2.45, 2.75) is 19.1 Å². The topological polar surface area (TPSA) is 84.3 Å². The van der Waals surface area contributed by atoms with Crippen molar-refractivity contribution >= 4 is 34.6 Å². The third-order valence-corrected chi connectivity index (χ3v) is 3.61. The summed E-state index contributed by atoms with van der Waals surface area (Å²) in [5.41, 5.74) is -1.39. The molecule has 0 bridgehead atoms. The van der Waals surface area contributed by atoms with Crippen molar-refractivity contribution in [1.29, 1.82) is 0 Å². The molecule has 0 radical (unpaired) electrons. The van der Waals surface area contributed by atoms with E-state index in [1.54, 1.807) is 0 Å². The first-order chi connectivity index (χ1) is 12.1. The molecule has 6 nitrogen and oxygen atoms in total. The molecule has 2 aromatic carbocycles. The van der Waals surface area contributed by atoms with Crippen LogP contribution in [0.3, 0.4) is 0 Å². The summed E-state index contributed by atoms with van der Waals surface area (Å²) in [5, 5.41) is 15.5. The van der Waals surface area contributed by atoms with Crippen LogP contribution in [0.4, 0.5) is 30.2 Å². The molecule has 2 rings (SSSR count). The maximum atomic E-state index is 13.1. The van der Waals surface area contributed by atoms with Crippen molar-refractivity contribution in [3.63, 3.8) is 0 Å². The van der Waals surface area contributed by atoms with Gasteiger partial charge in [-0.15, -0.1) is 0 Å². The fraction of sp³-hybridized carbons (Fsp3) is 0.188. The van der Waals surface area contributed by atoms with Gasteiger partial charge in [-0.2, -0.15) is 13.2 Å². The lowest BCUT2D eigenvalue weighted by Gasteiger charge is -2.18. The first-order valence-electron chi connectivity index (χ1n) is 7.26. The second-order valence-electron chi connectivity index (χ2n) is 5.35. The summed E-state index contributed by atoms with van der Waals surface area (Å²) in [6.45, 7) is 1.41. The first kappa shape index (κ1) is 19.5. The maximum absolute atomic E-state index is 13.1. The number of nitro benzene ring substituents is 1. The van der Waals surface area contributed by atoms with Gasteiger partial charge in [0.15, 0.2) is 0 Å². The van der Waals surface area contributed by atoms with E-state index < -0.39 is 34.3 Å². The zero-order valence-corrected chi connectivity index (χ0v) is 14.1. The molecule has 2 N–H and O–H groups in total. The van der Waals surface area contributed by atoms with Gasteiger partial charge in [0.2, 0.25) is 5.91 Å². The molecule has 0 fully saturated rings. The lowest BCUT2D eigenvalue weighted by atomic mass is 10.1. The van der Waals surface area contributed by atoms with Crippen LogP contribution in [0.15, 0.2) is 42.5 Å². The Labute approximate surface area is 151 Å².